The molecule has 1 N–H and O–H groups in total. The van der Waals surface area contributed by atoms with E-state index < -0.39 is 11.7 Å². The molecule has 0 radical (unpaired) electrons. The molecule has 0 bridgehead atoms. The monoisotopic (exact) mass is 289 g/mol. The fourth-order valence-corrected chi connectivity index (χ4v) is 2.90. The largest absolute Gasteiger partial charge is 0.444 e. The van der Waals surface area contributed by atoms with Crippen LogP contribution < -0.4 is 5.32 Å². The van der Waals surface area contributed by atoms with Crippen LogP contribution in [0.3, 0.4) is 0 Å². The third kappa shape index (κ3) is 4.31. The standard InChI is InChI=1S/C17H23NO3/c1-17(2,3)21-16(20)18-14-9-13(11-19)15(10-14)12-7-5-4-6-8-12/h4-8,11,13-15H,9-10H2,1-3H3,(H,18,20)/t13-,14+,15-/m1/s1. The number of alkyl carbamates (subject to hydrolysis) is 1. The van der Waals surface area contributed by atoms with E-state index in [9.17, 15) is 9.59 Å². The van der Waals surface area contributed by atoms with Crippen LogP contribution in [-0.2, 0) is 9.53 Å². The van der Waals surface area contributed by atoms with Gasteiger partial charge >= 0.3 is 6.09 Å². The lowest BCUT2D eigenvalue weighted by Gasteiger charge is -2.21. The van der Waals surface area contributed by atoms with Crippen molar-refractivity contribution in [2.75, 3.05) is 0 Å². The zero-order valence-electron chi connectivity index (χ0n) is 12.8. The molecule has 0 unspecified atom stereocenters. The first kappa shape index (κ1) is 15.5. The maximum Gasteiger partial charge on any atom is 0.407 e. The summed E-state index contributed by atoms with van der Waals surface area (Å²) in [6.45, 7) is 5.51. The van der Waals surface area contributed by atoms with E-state index in [-0.39, 0.29) is 17.9 Å². The van der Waals surface area contributed by atoms with Crippen molar-refractivity contribution >= 4 is 12.4 Å². The summed E-state index contributed by atoms with van der Waals surface area (Å²) in [5, 5.41) is 2.88. The molecule has 4 heteroatoms. The van der Waals surface area contributed by atoms with Gasteiger partial charge in [-0.1, -0.05) is 30.3 Å². The number of nitrogens with one attached hydrogen (secondary N) is 1. The lowest BCUT2D eigenvalue weighted by Crippen LogP contribution is -2.38. The van der Waals surface area contributed by atoms with Crippen molar-refractivity contribution in [1.29, 1.82) is 0 Å². The number of hydrogen-bond acceptors (Lipinski definition) is 3. The van der Waals surface area contributed by atoms with Gasteiger partial charge in [0.05, 0.1) is 0 Å². The molecule has 3 atom stereocenters. The van der Waals surface area contributed by atoms with Crippen LogP contribution in [0.5, 0.6) is 0 Å². The third-order valence-corrected chi connectivity index (χ3v) is 3.74. The van der Waals surface area contributed by atoms with Gasteiger partial charge in [-0.25, -0.2) is 4.79 Å². The topological polar surface area (TPSA) is 55.4 Å². The fraction of sp³-hybridized carbons (Fsp3) is 0.529. The molecule has 1 aromatic rings. The molecule has 114 valence electrons. The average molecular weight is 289 g/mol. The summed E-state index contributed by atoms with van der Waals surface area (Å²) in [4.78, 5) is 23.1. The highest BCUT2D eigenvalue weighted by molar-refractivity contribution is 5.68. The van der Waals surface area contributed by atoms with Crippen molar-refractivity contribution in [1.82, 2.24) is 5.32 Å². The van der Waals surface area contributed by atoms with Gasteiger partial charge in [0.1, 0.15) is 11.9 Å². The Kier molecular flexibility index (Phi) is 4.66. The summed E-state index contributed by atoms with van der Waals surface area (Å²) in [5.41, 5.74) is 0.647. The fourth-order valence-electron chi connectivity index (χ4n) is 2.90. The van der Waals surface area contributed by atoms with Crippen molar-refractivity contribution in [3.8, 4) is 0 Å². The molecule has 0 heterocycles. The van der Waals surface area contributed by atoms with E-state index in [4.69, 9.17) is 4.74 Å². The smallest absolute Gasteiger partial charge is 0.407 e. The van der Waals surface area contributed by atoms with Crippen LogP contribution in [-0.4, -0.2) is 24.0 Å². The SMILES string of the molecule is CC(C)(C)OC(=O)N[C@@H]1C[C@H](c2ccccc2)[C@@H](C=O)C1. The van der Waals surface area contributed by atoms with Gasteiger partial charge in [-0.05, 0) is 45.1 Å². The summed E-state index contributed by atoms with van der Waals surface area (Å²) >= 11 is 0. The predicted octanol–water partition coefficient (Wildman–Crippen LogP) is 3.27. The van der Waals surface area contributed by atoms with Crippen LogP contribution in [0.4, 0.5) is 4.79 Å². The maximum absolute atomic E-state index is 11.8. The second-order valence-corrected chi connectivity index (χ2v) is 6.63. The van der Waals surface area contributed by atoms with Crippen LogP contribution in [0.15, 0.2) is 30.3 Å². The van der Waals surface area contributed by atoms with E-state index >= 15 is 0 Å². The van der Waals surface area contributed by atoms with E-state index in [1.807, 2.05) is 51.1 Å². The molecule has 4 nitrogen and oxygen atoms in total. The first-order chi connectivity index (χ1) is 9.89. The van der Waals surface area contributed by atoms with Crippen LogP contribution >= 0.6 is 0 Å². The number of hydrogen-bond donors (Lipinski definition) is 1. The highest BCUT2D eigenvalue weighted by Gasteiger charge is 2.36. The lowest BCUT2D eigenvalue weighted by molar-refractivity contribution is -0.111. The molecule has 1 aliphatic carbocycles. The van der Waals surface area contributed by atoms with Crippen molar-refractivity contribution in [3.05, 3.63) is 35.9 Å². The first-order valence-electron chi connectivity index (χ1n) is 7.39. The Morgan fingerprint density at radius 3 is 2.48 bits per heavy atom. The van der Waals surface area contributed by atoms with E-state index in [1.54, 1.807) is 0 Å². The molecule has 1 fully saturated rings. The molecule has 1 aromatic carbocycles. The number of benzene rings is 1. The number of aldehydes is 1. The molecule has 0 spiro atoms. The third-order valence-electron chi connectivity index (χ3n) is 3.74. The van der Waals surface area contributed by atoms with Crippen LogP contribution in [0.25, 0.3) is 0 Å². The average Bonchev–Trinajstić information content (AvgIpc) is 2.80. The van der Waals surface area contributed by atoms with Crippen LogP contribution in [0.1, 0.15) is 45.1 Å². The molecule has 2 rings (SSSR count). The van der Waals surface area contributed by atoms with Gasteiger partial charge in [0.2, 0.25) is 0 Å². The van der Waals surface area contributed by atoms with Crippen molar-refractivity contribution in [2.45, 2.75) is 51.2 Å². The minimum absolute atomic E-state index is 0.0137. The van der Waals surface area contributed by atoms with Crippen molar-refractivity contribution in [3.63, 3.8) is 0 Å². The van der Waals surface area contributed by atoms with Gasteiger partial charge in [0.25, 0.3) is 0 Å². The van der Waals surface area contributed by atoms with E-state index in [0.29, 0.717) is 6.42 Å². The Bertz CT molecular complexity index is 493. The van der Waals surface area contributed by atoms with Gasteiger partial charge in [0, 0.05) is 12.0 Å². The summed E-state index contributed by atoms with van der Waals surface area (Å²) in [5.74, 6) is 0.121. The van der Waals surface area contributed by atoms with Crippen LogP contribution in [0.2, 0.25) is 0 Å². The van der Waals surface area contributed by atoms with Gasteiger partial charge in [-0.15, -0.1) is 0 Å². The Labute approximate surface area is 125 Å². The number of carbonyl (C=O) groups excluding carboxylic acids is 2. The molecule has 1 aliphatic rings. The number of amides is 1. The Morgan fingerprint density at radius 1 is 1.24 bits per heavy atom. The minimum Gasteiger partial charge on any atom is -0.444 e. The zero-order chi connectivity index (χ0) is 15.5. The normalized spacial score (nSPS) is 25.4. The summed E-state index contributed by atoms with van der Waals surface area (Å²) in [6, 6.07) is 9.98. The van der Waals surface area contributed by atoms with Gasteiger partial charge in [-0.2, -0.15) is 0 Å². The molecule has 0 aromatic heterocycles. The second-order valence-electron chi connectivity index (χ2n) is 6.63. The molecule has 1 saturated carbocycles. The van der Waals surface area contributed by atoms with Gasteiger partial charge < -0.3 is 14.8 Å². The first-order valence-corrected chi connectivity index (χ1v) is 7.39. The predicted molar refractivity (Wildman–Crippen MR) is 81.1 cm³/mol. The Morgan fingerprint density at radius 2 is 1.90 bits per heavy atom. The number of carbonyl (C=O) groups is 2. The van der Waals surface area contributed by atoms with Gasteiger partial charge in [-0.3, -0.25) is 0 Å². The van der Waals surface area contributed by atoms with Crippen molar-refractivity contribution in [2.24, 2.45) is 5.92 Å². The minimum atomic E-state index is -0.508. The van der Waals surface area contributed by atoms with E-state index in [0.717, 1.165) is 18.3 Å². The summed E-state index contributed by atoms with van der Waals surface area (Å²) in [7, 11) is 0. The van der Waals surface area contributed by atoms with E-state index in [2.05, 4.69) is 5.32 Å². The lowest BCUT2D eigenvalue weighted by atomic mass is 9.90. The Hall–Kier alpha value is -1.84. The molecular formula is C17H23NO3. The highest BCUT2D eigenvalue weighted by atomic mass is 16.6. The summed E-state index contributed by atoms with van der Waals surface area (Å²) < 4.78 is 5.27. The highest BCUT2D eigenvalue weighted by Crippen LogP contribution is 2.38. The summed E-state index contributed by atoms with van der Waals surface area (Å²) in [6.07, 6.45) is 2.04. The number of ether oxygens (including phenoxy) is 1. The van der Waals surface area contributed by atoms with Crippen molar-refractivity contribution < 1.29 is 14.3 Å². The van der Waals surface area contributed by atoms with Gasteiger partial charge in [0.15, 0.2) is 0 Å². The molecular weight excluding hydrogens is 266 g/mol. The van der Waals surface area contributed by atoms with Crippen LogP contribution in [0, 0.1) is 5.92 Å². The number of rotatable bonds is 3. The molecule has 21 heavy (non-hydrogen) atoms. The molecule has 1 amide bonds. The Balaban J connectivity index is 1.99. The maximum atomic E-state index is 11.8. The second kappa shape index (κ2) is 6.29. The molecule has 0 aliphatic heterocycles. The van der Waals surface area contributed by atoms with E-state index in [1.165, 1.54) is 0 Å². The quantitative estimate of drug-likeness (QED) is 0.869. The molecule has 0 saturated heterocycles. The zero-order valence-corrected chi connectivity index (χ0v) is 12.8.